The highest BCUT2D eigenvalue weighted by Crippen LogP contribution is 2.20. The lowest BCUT2D eigenvalue weighted by molar-refractivity contribution is 0.211. The van der Waals surface area contributed by atoms with Crippen LogP contribution in [-0.2, 0) is 0 Å². The molecule has 1 N–H and O–H groups in total. The fourth-order valence-corrected chi connectivity index (χ4v) is 2.15. The summed E-state index contributed by atoms with van der Waals surface area (Å²) in [7, 11) is 1.80. The second-order valence-corrected chi connectivity index (χ2v) is 4.54. The van der Waals surface area contributed by atoms with Gasteiger partial charge in [0.05, 0.1) is 11.0 Å². The number of hydrogen-bond acceptors (Lipinski definition) is 2. The van der Waals surface area contributed by atoms with Crippen molar-refractivity contribution in [2.75, 3.05) is 25.0 Å². The fraction of sp³-hybridized carbons (Fsp3) is 0.429. The van der Waals surface area contributed by atoms with Gasteiger partial charge >= 0.3 is 6.03 Å². The van der Waals surface area contributed by atoms with Crippen LogP contribution in [0.15, 0.2) is 18.2 Å². The number of aromatic amines is 1. The first kappa shape index (κ1) is 13.4. The molecule has 102 valence electrons. The van der Waals surface area contributed by atoms with E-state index < -0.39 is 0 Å². The van der Waals surface area contributed by atoms with Crippen molar-refractivity contribution in [1.82, 2.24) is 14.9 Å². The molecule has 2 rings (SSSR count). The molecule has 0 spiro atoms. The van der Waals surface area contributed by atoms with Gasteiger partial charge in [0.15, 0.2) is 0 Å². The van der Waals surface area contributed by atoms with Crippen molar-refractivity contribution in [2.24, 2.45) is 0 Å². The SMILES string of the molecule is CCN(CC)C(=O)N(C)c1ccc2nc(C)[nH]c2c1. The number of urea groups is 1. The van der Waals surface area contributed by atoms with Gasteiger partial charge in [0.2, 0.25) is 0 Å². The average Bonchev–Trinajstić information content (AvgIpc) is 2.78. The minimum Gasteiger partial charge on any atom is -0.342 e. The molecule has 0 aliphatic heterocycles. The number of rotatable bonds is 3. The van der Waals surface area contributed by atoms with E-state index in [4.69, 9.17) is 0 Å². The third-order valence-electron chi connectivity index (χ3n) is 3.29. The molecular formula is C14H20N4O. The molecule has 0 aliphatic carbocycles. The van der Waals surface area contributed by atoms with Crippen LogP contribution in [-0.4, -0.2) is 41.0 Å². The Labute approximate surface area is 113 Å². The van der Waals surface area contributed by atoms with Crippen molar-refractivity contribution in [3.05, 3.63) is 24.0 Å². The zero-order valence-corrected chi connectivity index (χ0v) is 11.9. The van der Waals surface area contributed by atoms with Crippen molar-refractivity contribution >= 4 is 22.8 Å². The van der Waals surface area contributed by atoms with Crippen LogP contribution in [0.2, 0.25) is 0 Å². The summed E-state index contributed by atoms with van der Waals surface area (Å²) in [5, 5.41) is 0. The van der Waals surface area contributed by atoms with Crippen molar-refractivity contribution in [3.63, 3.8) is 0 Å². The molecule has 5 heteroatoms. The molecule has 2 amide bonds. The normalized spacial score (nSPS) is 10.7. The summed E-state index contributed by atoms with van der Waals surface area (Å²) in [5.41, 5.74) is 2.74. The first-order valence-corrected chi connectivity index (χ1v) is 6.55. The van der Waals surface area contributed by atoms with Crippen molar-refractivity contribution < 1.29 is 4.79 Å². The van der Waals surface area contributed by atoms with E-state index in [0.29, 0.717) is 13.1 Å². The van der Waals surface area contributed by atoms with Gasteiger partial charge in [0.25, 0.3) is 0 Å². The Bertz CT molecular complexity index is 586. The van der Waals surface area contributed by atoms with Crippen LogP contribution >= 0.6 is 0 Å². The van der Waals surface area contributed by atoms with Gasteiger partial charge in [0.1, 0.15) is 5.82 Å². The molecule has 0 atom stereocenters. The highest BCUT2D eigenvalue weighted by Gasteiger charge is 2.16. The van der Waals surface area contributed by atoms with Gasteiger partial charge in [-0.25, -0.2) is 9.78 Å². The van der Waals surface area contributed by atoms with E-state index in [9.17, 15) is 4.79 Å². The van der Waals surface area contributed by atoms with Gasteiger partial charge in [-0.15, -0.1) is 0 Å². The Hall–Kier alpha value is -2.04. The third-order valence-corrected chi connectivity index (χ3v) is 3.29. The number of hydrogen-bond donors (Lipinski definition) is 1. The van der Waals surface area contributed by atoms with E-state index in [1.54, 1.807) is 16.8 Å². The molecule has 1 aromatic carbocycles. The fourth-order valence-electron chi connectivity index (χ4n) is 2.15. The van der Waals surface area contributed by atoms with Crippen molar-refractivity contribution in [2.45, 2.75) is 20.8 Å². The molecule has 0 saturated carbocycles. The quantitative estimate of drug-likeness (QED) is 0.922. The van der Waals surface area contributed by atoms with Crippen LogP contribution in [0.5, 0.6) is 0 Å². The molecule has 19 heavy (non-hydrogen) atoms. The average molecular weight is 260 g/mol. The standard InChI is InChI=1S/C14H20N4O/c1-5-18(6-2)14(19)17(4)11-7-8-12-13(9-11)16-10(3)15-12/h7-9H,5-6H2,1-4H3,(H,15,16). The smallest absolute Gasteiger partial charge is 0.324 e. The number of aryl methyl sites for hydroxylation is 1. The van der Waals surface area contributed by atoms with E-state index in [1.165, 1.54) is 0 Å². The largest absolute Gasteiger partial charge is 0.342 e. The summed E-state index contributed by atoms with van der Waals surface area (Å²) in [4.78, 5) is 23.3. The number of amides is 2. The summed E-state index contributed by atoms with van der Waals surface area (Å²) < 4.78 is 0. The molecule has 2 aromatic rings. The number of nitrogens with zero attached hydrogens (tertiary/aromatic N) is 3. The Balaban J connectivity index is 2.30. The first-order valence-electron chi connectivity index (χ1n) is 6.55. The van der Waals surface area contributed by atoms with Gasteiger partial charge in [0, 0.05) is 25.8 Å². The number of benzene rings is 1. The monoisotopic (exact) mass is 260 g/mol. The maximum atomic E-state index is 12.3. The van der Waals surface area contributed by atoms with Crippen molar-refractivity contribution in [3.8, 4) is 0 Å². The zero-order chi connectivity index (χ0) is 14.0. The second kappa shape index (κ2) is 5.30. The number of H-pyrrole nitrogens is 1. The number of imidazole rings is 1. The molecule has 5 nitrogen and oxygen atoms in total. The Morgan fingerprint density at radius 3 is 2.63 bits per heavy atom. The number of nitrogens with one attached hydrogen (secondary N) is 1. The van der Waals surface area contributed by atoms with Crippen LogP contribution in [0, 0.1) is 6.92 Å². The van der Waals surface area contributed by atoms with Crippen LogP contribution in [0.3, 0.4) is 0 Å². The van der Waals surface area contributed by atoms with Gasteiger partial charge in [-0.1, -0.05) is 0 Å². The van der Waals surface area contributed by atoms with E-state index in [1.807, 2.05) is 39.0 Å². The van der Waals surface area contributed by atoms with Crippen LogP contribution < -0.4 is 4.90 Å². The molecule has 0 unspecified atom stereocenters. The highest BCUT2D eigenvalue weighted by atomic mass is 16.2. The molecule has 0 fully saturated rings. The van der Waals surface area contributed by atoms with Crippen LogP contribution in [0.4, 0.5) is 10.5 Å². The summed E-state index contributed by atoms with van der Waals surface area (Å²) in [6, 6.07) is 5.82. The summed E-state index contributed by atoms with van der Waals surface area (Å²) in [6.45, 7) is 7.31. The Kier molecular flexibility index (Phi) is 3.74. The number of fused-ring (bicyclic) bond motifs is 1. The van der Waals surface area contributed by atoms with Gasteiger partial charge in [-0.3, -0.25) is 4.90 Å². The molecule has 0 bridgehead atoms. The van der Waals surface area contributed by atoms with Crippen molar-refractivity contribution in [1.29, 1.82) is 0 Å². The van der Waals surface area contributed by atoms with E-state index >= 15 is 0 Å². The third kappa shape index (κ3) is 2.54. The summed E-state index contributed by atoms with van der Waals surface area (Å²) in [6.07, 6.45) is 0. The molecule has 1 heterocycles. The van der Waals surface area contributed by atoms with Gasteiger partial charge in [-0.05, 0) is 39.0 Å². The number of aromatic nitrogens is 2. The minimum atomic E-state index is 0.0144. The van der Waals surface area contributed by atoms with E-state index in [-0.39, 0.29) is 6.03 Å². The Morgan fingerprint density at radius 1 is 1.32 bits per heavy atom. The molecule has 0 saturated heterocycles. The predicted molar refractivity (Wildman–Crippen MR) is 77.6 cm³/mol. The molecule has 0 radical (unpaired) electrons. The molecular weight excluding hydrogens is 240 g/mol. The maximum Gasteiger partial charge on any atom is 0.324 e. The second-order valence-electron chi connectivity index (χ2n) is 4.54. The summed E-state index contributed by atoms with van der Waals surface area (Å²) in [5.74, 6) is 0.880. The lowest BCUT2D eigenvalue weighted by Crippen LogP contribution is -2.41. The lowest BCUT2D eigenvalue weighted by atomic mass is 10.2. The van der Waals surface area contributed by atoms with E-state index in [0.717, 1.165) is 22.5 Å². The lowest BCUT2D eigenvalue weighted by Gasteiger charge is -2.26. The van der Waals surface area contributed by atoms with Crippen LogP contribution in [0.25, 0.3) is 11.0 Å². The maximum absolute atomic E-state index is 12.3. The predicted octanol–water partition coefficient (Wildman–Crippen LogP) is 2.77. The van der Waals surface area contributed by atoms with E-state index in [2.05, 4.69) is 9.97 Å². The summed E-state index contributed by atoms with van der Waals surface area (Å²) >= 11 is 0. The minimum absolute atomic E-state index is 0.0144. The Morgan fingerprint density at radius 2 is 2.00 bits per heavy atom. The highest BCUT2D eigenvalue weighted by molar-refractivity contribution is 5.93. The molecule has 1 aromatic heterocycles. The topological polar surface area (TPSA) is 52.2 Å². The number of carbonyl (C=O) groups excluding carboxylic acids is 1. The van der Waals surface area contributed by atoms with Crippen LogP contribution in [0.1, 0.15) is 19.7 Å². The molecule has 0 aliphatic rings. The number of carbonyl (C=O) groups is 1. The zero-order valence-electron chi connectivity index (χ0n) is 11.9. The first-order chi connectivity index (χ1) is 9.06. The number of anilines is 1. The van der Waals surface area contributed by atoms with Gasteiger partial charge in [-0.2, -0.15) is 0 Å². The van der Waals surface area contributed by atoms with Gasteiger partial charge < -0.3 is 9.88 Å².